The number of hydrogen-bond donors (Lipinski definition) is 1. The largest absolute Gasteiger partial charge is 0.384 e. The standard InChI is InChI=1S/C16H22N4/c1-19(2)9-4-10-20-12-17-11-15(20)14-6-3-5-13-7-8-18-16(13)14/h3,5-6,11-12,18H,4,7-10H2,1-2H3. The molecular formula is C16H22N4. The molecule has 2 heterocycles. The monoisotopic (exact) mass is 270 g/mol. The first-order valence-corrected chi connectivity index (χ1v) is 7.26. The molecule has 0 spiro atoms. The zero-order valence-corrected chi connectivity index (χ0v) is 12.3. The summed E-state index contributed by atoms with van der Waals surface area (Å²) in [6.07, 6.45) is 6.18. The van der Waals surface area contributed by atoms with Gasteiger partial charge in [-0.25, -0.2) is 4.98 Å². The van der Waals surface area contributed by atoms with Crippen LogP contribution in [0.4, 0.5) is 5.69 Å². The lowest BCUT2D eigenvalue weighted by Crippen LogP contribution is -2.15. The van der Waals surface area contributed by atoms with Crippen LogP contribution in [0.1, 0.15) is 12.0 Å². The molecule has 0 bridgehead atoms. The van der Waals surface area contributed by atoms with Gasteiger partial charge in [-0.1, -0.05) is 18.2 Å². The van der Waals surface area contributed by atoms with Crippen molar-refractivity contribution in [1.82, 2.24) is 14.5 Å². The van der Waals surface area contributed by atoms with Crippen molar-refractivity contribution in [2.75, 3.05) is 32.5 Å². The van der Waals surface area contributed by atoms with Gasteiger partial charge in [0, 0.05) is 24.3 Å². The Hall–Kier alpha value is -1.81. The van der Waals surface area contributed by atoms with Crippen LogP contribution in [0.2, 0.25) is 0 Å². The van der Waals surface area contributed by atoms with Gasteiger partial charge < -0.3 is 14.8 Å². The van der Waals surface area contributed by atoms with Crippen LogP contribution >= 0.6 is 0 Å². The molecule has 1 N–H and O–H groups in total. The molecule has 0 aliphatic carbocycles. The predicted molar refractivity (Wildman–Crippen MR) is 83.0 cm³/mol. The van der Waals surface area contributed by atoms with Crippen LogP contribution in [0.15, 0.2) is 30.7 Å². The van der Waals surface area contributed by atoms with Crippen molar-refractivity contribution in [3.05, 3.63) is 36.3 Å². The van der Waals surface area contributed by atoms with Gasteiger partial charge in [-0.2, -0.15) is 0 Å². The topological polar surface area (TPSA) is 33.1 Å². The summed E-state index contributed by atoms with van der Waals surface area (Å²) < 4.78 is 2.26. The van der Waals surface area contributed by atoms with Crippen molar-refractivity contribution < 1.29 is 0 Å². The Kier molecular flexibility index (Phi) is 3.74. The second kappa shape index (κ2) is 5.67. The Morgan fingerprint density at radius 1 is 1.35 bits per heavy atom. The second-order valence-corrected chi connectivity index (χ2v) is 5.65. The third-order valence-corrected chi connectivity index (χ3v) is 3.84. The van der Waals surface area contributed by atoms with Gasteiger partial charge >= 0.3 is 0 Å². The maximum Gasteiger partial charge on any atom is 0.0950 e. The zero-order valence-electron chi connectivity index (χ0n) is 12.3. The number of rotatable bonds is 5. The molecule has 3 rings (SSSR count). The molecule has 20 heavy (non-hydrogen) atoms. The first-order valence-electron chi connectivity index (χ1n) is 7.26. The fourth-order valence-electron chi connectivity index (χ4n) is 2.83. The van der Waals surface area contributed by atoms with Crippen molar-refractivity contribution >= 4 is 5.69 Å². The van der Waals surface area contributed by atoms with Crippen LogP contribution in [0.5, 0.6) is 0 Å². The summed E-state index contributed by atoms with van der Waals surface area (Å²) in [7, 11) is 4.23. The summed E-state index contributed by atoms with van der Waals surface area (Å²) in [4.78, 5) is 6.56. The minimum Gasteiger partial charge on any atom is -0.384 e. The van der Waals surface area contributed by atoms with Crippen LogP contribution in [0, 0.1) is 0 Å². The van der Waals surface area contributed by atoms with Gasteiger partial charge in [-0.15, -0.1) is 0 Å². The molecule has 0 radical (unpaired) electrons. The molecule has 1 aliphatic rings. The highest BCUT2D eigenvalue weighted by atomic mass is 15.1. The Morgan fingerprint density at radius 3 is 3.10 bits per heavy atom. The SMILES string of the molecule is CN(C)CCCn1cncc1-c1cccc2c1NCC2. The lowest BCUT2D eigenvalue weighted by Gasteiger charge is -2.13. The number of benzene rings is 1. The highest BCUT2D eigenvalue weighted by Crippen LogP contribution is 2.34. The highest BCUT2D eigenvalue weighted by Gasteiger charge is 2.16. The number of aromatic nitrogens is 2. The van der Waals surface area contributed by atoms with E-state index in [4.69, 9.17) is 0 Å². The molecule has 4 nitrogen and oxygen atoms in total. The van der Waals surface area contributed by atoms with Crippen LogP contribution in [0.3, 0.4) is 0 Å². The maximum absolute atomic E-state index is 4.34. The van der Waals surface area contributed by atoms with Crippen molar-refractivity contribution in [3.63, 3.8) is 0 Å². The molecule has 0 saturated carbocycles. The Morgan fingerprint density at radius 2 is 2.25 bits per heavy atom. The number of nitrogens with zero attached hydrogens (tertiary/aromatic N) is 3. The zero-order chi connectivity index (χ0) is 13.9. The summed E-state index contributed by atoms with van der Waals surface area (Å²) in [5.74, 6) is 0. The average molecular weight is 270 g/mol. The number of hydrogen-bond acceptors (Lipinski definition) is 3. The van der Waals surface area contributed by atoms with E-state index in [2.05, 4.69) is 52.1 Å². The van der Waals surface area contributed by atoms with Crippen molar-refractivity contribution in [2.24, 2.45) is 0 Å². The lowest BCUT2D eigenvalue weighted by molar-refractivity contribution is 0.387. The molecule has 0 saturated heterocycles. The van der Waals surface area contributed by atoms with E-state index in [9.17, 15) is 0 Å². The van der Waals surface area contributed by atoms with Gasteiger partial charge in [0.05, 0.1) is 18.2 Å². The normalized spacial score (nSPS) is 13.6. The summed E-state index contributed by atoms with van der Waals surface area (Å²) in [6.45, 7) is 3.15. The summed E-state index contributed by atoms with van der Waals surface area (Å²) in [5.41, 5.74) is 5.21. The Bertz CT molecular complexity index is 586. The fourth-order valence-corrected chi connectivity index (χ4v) is 2.83. The smallest absolute Gasteiger partial charge is 0.0950 e. The van der Waals surface area contributed by atoms with E-state index in [-0.39, 0.29) is 0 Å². The number of aryl methyl sites for hydroxylation is 1. The minimum atomic E-state index is 1.01. The third-order valence-electron chi connectivity index (χ3n) is 3.84. The summed E-state index contributed by atoms with van der Waals surface area (Å²) in [5, 5.41) is 3.51. The molecule has 1 aliphatic heterocycles. The maximum atomic E-state index is 4.34. The minimum absolute atomic E-state index is 1.01. The molecule has 1 aromatic heterocycles. The predicted octanol–water partition coefficient (Wildman–Crippen LogP) is 2.47. The Labute approximate surface area is 120 Å². The fraction of sp³-hybridized carbons (Fsp3) is 0.438. The molecule has 1 aromatic carbocycles. The quantitative estimate of drug-likeness (QED) is 0.906. The number of fused-ring (bicyclic) bond motifs is 1. The van der Waals surface area contributed by atoms with Crippen LogP contribution in [-0.4, -0.2) is 41.6 Å². The molecule has 0 amide bonds. The molecule has 0 unspecified atom stereocenters. The van der Waals surface area contributed by atoms with Gasteiger partial charge in [0.15, 0.2) is 0 Å². The summed E-state index contributed by atoms with van der Waals surface area (Å²) in [6, 6.07) is 6.56. The van der Waals surface area contributed by atoms with E-state index in [0.29, 0.717) is 0 Å². The van der Waals surface area contributed by atoms with E-state index >= 15 is 0 Å². The second-order valence-electron chi connectivity index (χ2n) is 5.65. The van der Waals surface area contributed by atoms with Gasteiger partial charge in [0.25, 0.3) is 0 Å². The van der Waals surface area contributed by atoms with E-state index in [0.717, 1.165) is 32.5 Å². The number of anilines is 1. The van der Waals surface area contributed by atoms with Crippen LogP contribution < -0.4 is 5.32 Å². The molecule has 0 atom stereocenters. The number of imidazole rings is 1. The number of nitrogens with one attached hydrogen (secondary N) is 1. The lowest BCUT2D eigenvalue weighted by atomic mass is 10.1. The van der Waals surface area contributed by atoms with E-state index in [1.807, 2.05) is 12.5 Å². The molecule has 2 aromatic rings. The molecule has 4 heteroatoms. The van der Waals surface area contributed by atoms with Crippen LogP contribution in [0.25, 0.3) is 11.3 Å². The van der Waals surface area contributed by atoms with Crippen molar-refractivity contribution in [2.45, 2.75) is 19.4 Å². The first-order chi connectivity index (χ1) is 9.75. The van der Waals surface area contributed by atoms with Crippen LogP contribution in [-0.2, 0) is 13.0 Å². The molecular weight excluding hydrogens is 248 g/mol. The average Bonchev–Trinajstić information content (AvgIpc) is 3.05. The first kappa shape index (κ1) is 13.2. The molecule has 106 valence electrons. The van der Waals surface area contributed by atoms with Crippen molar-refractivity contribution in [1.29, 1.82) is 0 Å². The van der Waals surface area contributed by atoms with E-state index in [1.54, 1.807) is 0 Å². The van der Waals surface area contributed by atoms with Gasteiger partial charge in [0.2, 0.25) is 0 Å². The van der Waals surface area contributed by atoms with Gasteiger partial charge in [-0.05, 0) is 39.0 Å². The van der Waals surface area contributed by atoms with Gasteiger partial charge in [-0.3, -0.25) is 0 Å². The highest BCUT2D eigenvalue weighted by molar-refractivity contribution is 5.79. The van der Waals surface area contributed by atoms with Gasteiger partial charge in [0.1, 0.15) is 0 Å². The van der Waals surface area contributed by atoms with E-state index < -0.39 is 0 Å². The Balaban J connectivity index is 1.85. The van der Waals surface area contributed by atoms with Crippen molar-refractivity contribution in [3.8, 4) is 11.3 Å². The molecule has 0 fully saturated rings. The summed E-state index contributed by atoms with van der Waals surface area (Å²) >= 11 is 0. The van der Waals surface area contributed by atoms with E-state index in [1.165, 1.54) is 22.5 Å². The third kappa shape index (κ3) is 2.56. The number of para-hydroxylation sites is 1.